The van der Waals surface area contributed by atoms with Crippen molar-refractivity contribution in [3.8, 4) is 10.6 Å². The summed E-state index contributed by atoms with van der Waals surface area (Å²) >= 11 is 4.85. The number of ether oxygens (including phenoxy) is 1. The minimum atomic E-state index is -0.526. The predicted octanol–water partition coefficient (Wildman–Crippen LogP) is 3.18. The van der Waals surface area contributed by atoms with E-state index in [0.717, 1.165) is 15.0 Å². The molecular formula is C13H11BrN4O2S. The molecule has 0 aliphatic rings. The van der Waals surface area contributed by atoms with Gasteiger partial charge in [0.25, 0.3) is 5.82 Å². The predicted molar refractivity (Wildman–Crippen MR) is 82.3 cm³/mol. The molecule has 0 radical (unpaired) electrons. The van der Waals surface area contributed by atoms with Crippen LogP contribution in [0.2, 0.25) is 0 Å². The smallest absolute Gasteiger partial charge is 0.378 e. The van der Waals surface area contributed by atoms with Gasteiger partial charge in [0.1, 0.15) is 5.01 Å². The third-order valence-corrected chi connectivity index (χ3v) is 4.24. The summed E-state index contributed by atoms with van der Waals surface area (Å²) < 4.78 is 7.49. The van der Waals surface area contributed by atoms with Crippen LogP contribution in [0, 0.1) is 0 Å². The van der Waals surface area contributed by atoms with Crippen LogP contribution in [0.1, 0.15) is 24.5 Å². The number of nitrogens with zero attached hydrogens (tertiary/aromatic N) is 4. The van der Waals surface area contributed by atoms with Crippen molar-refractivity contribution in [1.29, 1.82) is 0 Å². The van der Waals surface area contributed by atoms with Gasteiger partial charge in [-0.25, -0.2) is 4.79 Å². The zero-order chi connectivity index (χ0) is 15.0. The van der Waals surface area contributed by atoms with Crippen molar-refractivity contribution in [2.75, 3.05) is 0 Å². The van der Waals surface area contributed by atoms with Crippen LogP contribution in [0.25, 0.3) is 15.5 Å². The Morgan fingerprint density at radius 2 is 2.10 bits per heavy atom. The summed E-state index contributed by atoms with van der Waals surface area (Å²) in [5, 5.41) is 13.0. The highest BCUT2D eigenvalue weighted by Gasteiger charge is 2.21. The molecule has 0 bridgehead atoms. The molecule has 2 heterocycles. The van der Waals surface area contributed by atoms with Crippen molar-refractivity contribution in [1.82, 2.24) is 19.8 Å². The van der Waals surface area contributed by atoms with Gasteiger partial charge in [0.05, 0.1) is 6.10 Å². The lowest BCUT2D eigenvalue weighted by molar-refractivity contribution is 0.0360. The number of hydrogen-bond donors (Lipinski definition) is 0. The van der Waals surface area contributed by atoms with Gasteiger partial charge in [0, 0.05) is 10.0 Å². The Balaban J connectivity index is 2.04. The summed E-state index contributed by atoms with van der Waals surface area (Å²) in [5.41, 5.74) is 0.941. The summed E-state index contributed by atoms with van der Waals surface area (Å²) in [6.45, 7) is 3.56. The molecule has 0 saturated heterocycles. The zero-order valence-electron chi connectivity index (χ0n) is 11.3. The van der Waals surface area contributed by atoms with Gasteiger partial charge in [0.15, 0.2) is 0 Å². The van der Waals surface area contributed by atoms with Gasteiger partial charge < -0.3 is 4.74 Å². The van der Waals surface area contributed by atoms with E-state index in [0.29, 0.717) is 4.96 Å². The van der Waals surface area contributed by atoms with Gasteiger partial charge in [-0.1, -0.05) is 45.5 Å². The van der Waals surface area contributed by atoms with Crippen molar-refractivity contribution >= 4 is 38.2 Å². The first-order chi connectivity index (χ1) is 10.1. The number of esters is 1. The summed E-state index contributed by atoms with van der Waals surface area (Å²) in [6.07, 6.45) is -0.216. The second kappa shape index (κ2) is 5.53. The molecule has 3 aromatic rings. The monoisotopic (exact) mass is 366 g/mol. The Bertz CT molecular complexity index is 811. The van der Waals surface area contributed by atoms with E-state index in [-0.39, 0.29) is 11.9 Å². The van der Waals surface area contributed by atoms with E-state index in [9.17, 15) is 4.79 Å². The lowest BCUT2D eigenvalue weighted by Crippen LogP contribution is -2.15. The standard InChI is InChI=1S/C13H11BrN4O2S/c1-7(2)20-12(19)10-15-16-13-18(10)17-11(21-13)8-5-3-4-6-9(8)14/h3-7H,1-2H3. The van der Waals surface area contributed by atoms with Crippen LogP contribution in [0.4, 0.5) is 0 Å². The van der Waals surface area contributed by atoms with Crippen molar-refractivity contribution in [2.45, 2.75) is 20.0 Å². The van der Waals surface area contributed by atoms with Crippen molar-refractivity contribution in [3.63, 3.8) is 0 Å². The minimum absolute atomic E-state index is 0.0910. The lowest BCUT2D eigenvalue weighted by atomic mass is 10.2. The lowest BCUT2D eigenvalue weighted by Gasteiger charge is -2.04. The van der Waals surface area contributed by atoms with E-state index in [1.165, 1.54) is 15.9 Å². The molecule has 0 aliphatic heterocycles. The number of aromatic nitrogens is 4. The zero-order valence-corrected chi connectivity index (χ0v) is 13.7. The van der Waals surface area contributed by atoms with E-state index in [2.05, 4.69) is 31.2 Å². The average Bonchev–Trinajstić information content (AvgIpc) is 2.97. The molecule has 21 heavy (non-hydrogen) atoms. The molecule has 0 N–H and O–H groups in total. The molecule has 1 aromatic carbocycles. The first-order valence-electron chi connectivity index (χ1n) is 6.24. The summed E-state index contributed by atoms with van der Waals surface area (Å²) in [4.78, 5) is 12.5. The quantitative estimate of drug-likeness (QED) is 0.665. The SMILES string of the molecule is CC(C)OC(=O)c1nnc2sc(-c3ccccc3Br)nn12. The van der Waals surface area contributed by atoms with Gasteiger partial charge in [-0.05, 0) is 19.9 Å². The minimum Gasteiger partial charge on any atom is -0.457 e. The number of carbonyl (C=O) groups is 1. The fourth-order valence-corrected chi connectivity index (χ4v) is 3.24. The summed E-state index contributed by atoms with van der Waals surface area (Å²) in [5.74, 6) is -0.435. The molecular weight excluding hydrogens is 356 g/mol. The Morgan fingerprint density at radius 3 is 2.81 bits per heavy atom. The summed E-state index contributed by atoms with van der Waals surface area (Å²) in [7, 11) is 0. The van der Waals surface area contributed by atoms with Crippen LogP contribution < -0.4 is 0 Å². The van der Waals surface area contributed by atoms with E-state index < -0.39 is 5.97 Å². The third-order valence-electron chi connectivity index (χ3n) is 2.62. The molecule has 108 valence electrons. The van der Waals surface area contributed by atoms with Crippen molar-refractivity contribution < 1.29 is 9.53 Å². The topological polar surface area (TPSA) is 69.4 Å². The molecule has 3 rings (SSSR count). The number of rotatable bonds is 3. The molecule has 0 amide bonds. The largest absolute Gasteiger partial charge is 0.457 e. The number of benzene rings is 1. The first kappa shape index (κ1) is 14.2. The van der Waals surface area contributed by atoms with Crippen molar-refractivity contribution in [2.24, 2.45) is 0 Å². The normalized spacial score (nSPS) is 11.2. The maximum absolute atomic E-state index is 12.0. The van der Waals surface area contributed by atoms with Crippen LogP contribution in [0.3, 0.4) is 0 Å². The molecule has 0 atom stereocenters. The van der Waals surface area contributed by atoms with E-state index in [1.807, 2.05) is 24.3 Å². The maximum atomic E-state index is 12.0. The fraction of sp³-hybridized carbons (Fsp3) is 0.231. The molecule has 2 aromatic heterocycles. The van der Waals surface area contributed by atoms with Gasteiger partial charge in [0.2, 0.25) is 4.96 Å². The van der Waals surface area contributed by atoms with Crippen LogP contribution in [-0.4, -0.2) is 31.9 Å². The Morgan fingerprint density at radius 1 is 1.33 bits per heavy atom. The molecule has 0 fully saturated rings. The van der Waals surface area contributed by atoms with Crippen LogP contribution >= 0.6 is 27.3 Å². The van der Waals surface area contributed by atoms with Gasteiger partial charge in [-0.3, -0.25) is 0 Å². The highest BCUT2D eigenvalue weighted by atomic mass is 79.9. The number of hydrogen-bond acceptors (Lipinski definition) is 6. The number of fused-ring (bicyclic) bond motifs is 1. The van der Waals surface area contributed by atoms with Crippen molar-refractivity contribution in [3.05, 3.63) is 34.6 Å². The Kier molecular flexibility index (Phi) is 3.73. The molecule has 0 aliphatic carbocycles. The third kappa shape index (κ3) is 2.68. The van der Waals surface area contributed by atoms with Crippen LogP contribution in [-0.2, 0) is 4.74 Å². The molecule has 8 heteroatoms. The number of halogens is 1. The molecule has 0 saturated carbocycles. The Hall–Kier alpha value is -1.80. The maximum Gasteiger partial charge on any atom is 0.378 e. The first-order valence-corrected chi connectivity index (χ1v) is 7.85. The molecule has 6 nitrogen and oxygen atoms in total. The Labute approximate surface area is 132 Å². The second-order valence-corrected chi connectivity index (χ2v) is 6.37. The molecule has 0 unspecified atom stereocenters. The van der Waals surface area contributed by atoms with Gasteiger partial charge in [-0.15, -0.1) is 10.2 Å². The van der Waals surface area contributed by atoms with E-state index in [1.54, 1.807) is 13.8 Å². The highest BCUT2D eigenvalue weighted by Crippen LogP contribution is 2.31. The average molecular weight is 367 g/mol. The van der Waals surface area contributed by atoms with E-state index in [4.69, 9.17) is 4.74 Å². The molecule has 0 spiro atoms. The van der Waals surface area contributed by atoms with E-state index >= 15 is 0 Å². The summed E-state index contributed by atoms with van der Waals surface area (Å²) in [6, 6.07) is 7.74. The van der Waals surface area contributed by atoms with Gasteiger partial charge >= 0.3 is 5.97 Å². The van der Waals surface area contributed by atoms with Crippen LogP contribution in [0.5, 0.6) is 0 Å². The highest BCUT2D eigenvalue weighted by molar-refractivity contribution is 9.10. The second-order valence-electron chi connectivity index (χ2n) is 4.56. The number of carbonyl (C=O) groups excluding carboxylic acids is 1. The van der Waals surface area contributed by atoms with Crippen LogP contribution in [0.15, 0.2) is 28.7 Å². The van der Waals surface area contributed by atoms with Gasteiger partial charge in [-0.2, -0.15) is 9.61 Å². The fourth-order valence-electron chi connectivity index (χ4n) is 1.75.